The average molecular weight is 105 g/mol. The summed E-state index contributed by atoms with van der Waals surface area (Å²) >= 11 is 0. The molecule has 0 radical (unpaired) electrons. The van der Waals surface area contributed by atoms with Crippen molar-refractivity contribution < 1.29 is 15.0 Å². The SMILES string of the molecule is CC(O)NC(=O)O. The first-order valence-electron chi connectivity index (χ1n) is 1.80. The Morgan fingerprint density at radius 3 is 2.29 bits per heavy atom. The van der Waals surface area contributed by atoms with E-state index in [1.54, 1.807) is 5.32 Å². The van der Waals surface area contributed by atoms with Crippen molar-refractivity contribution in [1.29, 1.82) is 0 Å². The summed E-state index contributed by atoms with van der Waals surface area (Å²) in [6.45, 7) is 1.33. The van der Waals surface area contributed by atoms with E-state index in [9.17, 15) is 4.79 Å². The number of amides is 1. The maximum Gasteiger partial charge on any atom is 0.406 e. The number of carboxylic acid groups (broad SMARTS) is 1. The van der Waals surface area contributed by atoms with Crippen LogP contribution in [0.25, 0.3) is 0 Å². The molecule has 3 N–H and O–H groups in total. The minimum Gasteiger partial charge on any atom is -0.465 e. The van der Waals surface area contributed by atoms with Gasteiger partial charge in [0.1, 0.15) is 6.23 Å². The lowest BCUT2D eigenvalue weighted by Crippen LogP contribution is -2.30. The van der Waals surface area contributed by atoms with Gasteiger partial charge in [0, 0.05) is 0 Å². The Balaban J connectivity index is 3.13. The lowest BCUT2D eigenvalue weighted by Gasteiger charge is -1.99. The smallest absolute Gasteiger partial charge is 0.406 e. The zero-order valence-corrected chi connectivity index (χ0v) is 3.88. The molecule has 0 spiro atoms. The summed E-state index contributed by atoms with van der Waals surface area (Å²) in [5, 5.41) is 17.8. The Labute approximate surface area is 40.8 Å². The van der Waals surface area contributed by atoms with E-state index in [1.807, 2.05) is 0 Å². The van der Waals surface area contributed by atoms with Crippen LogP contribution in [0, 0.1) is 0 Å². The molecule has 0 aliphatic heterocycles. The van der Waals surface area contributed by atoms with Crippen LogP contribution in [0.1, 0.15) is 6.92 Å². The molecule has 0 bridgehead atoms. The van der Waals surface area contributed by atoms with E-state index < -0.39 is 12.3 Å². The van der Waals surface area contributed by atoms with E-state index in [0.29, 0.717) is 0 Å². The molecule has 1 amide bonds. The highest BCUT2D eigenvalue weighted by atomic mass is 16.4. The van der Waals surface area contributed by atoms with Crippen molar-refractivity contribution in [2.24, 2.45) is 0 Å². The summed E-state index contributed by atoms with van der Waals surface area (Å²) in [6, 6.07) is 0. The standard InChI is InChI=1S/C3H7NO3/c1-2(5)4-3(6)7/h2,4-5H,1H3,(H,6,7). The maximum atomic E-state index is 9.54. The molecule has 0 saturated carbocycles. The second kappa shape index (κ2) is 2.41. The molecular formula is C3H7NO3. The summed E-state index contributed by atoms with van der Waals surface area (Å²) < 4.78 is 0. The molecule has 7 heavy (non-hydrogen) atoms. The van der Waals surface area contributed by atoms with Crippen LogP contribution in [0.3, 0.4) is 0 Å². The molecule has 0 rings (SSSR count). The number of rotatable bonds is 1. The van der Waals surface area contributed by atoms with Crippen molar-refractivity contribution in [3.05, 3.63) is 0 Å². The van der Waals surface area contributed by atoms with E-state index in [1.165, 1.54) is 6.92 Å². The molecule has 0 aromatic heterocycles. The average Bonchev–Trinajstić information content (AvgIpc) is 1.27. The molecule has 1 unspecified atom stereocenters. The number of hydrogen-bond donors (Lipinski definition) is 3. The fraction of sp³-hybridized carbons (Fsp3) is 0.667. The molecule has 42 valence electrons. The fourth-order valence-corrected chi connectivity index (χ4v) is 0.179. The summed E-state index contributed by atoms with van der Waals surface area (Å²) in [5.74, 6) is 0. The van der Waals surface area contributed by atoms with Gasteiger partial charge >= 0.3 is 6.09 Å². The number of carbonyl (C=O) groups is 1. The molecule has 0 fully saturated rings. The van der Waals surface area contributed by atoms with Crippen molar-refractivity contribution >= 4 is 6.09 Å². The topological polar surface area (TPSA) is 69.6 Å². The first-order valence-corrected chi connectivity index (χ1v) is 1.80. The van der Waals surface area contributed by atoms with Crippen molar-refractivity contribution in [3.8, 4) is 0 Å². The second-order valence-corrected chi connectivity index (χ2v) is 1.13. The zero-order chi connectivity index (χ0) is 5.86. The number of aliphatic hydroxyl groups excluding tert-OH is 1. The van der Waals surface area contributed by atoms with Gasteiger partial charge in [-0.05, 0) is 6.92 Å². The number of hydrogen-bond acceptors (Lipinski definition) is 2. The Morgan fingerprint density at radius 2 is 2.29 bits per heavy atom. The third-order valence-electron chi connectivity index (χ3n) is 0.332. The molecule has 0 aliphatic rings. The Kier molecular flexibility index (Phi) is 2.15. The molecule has 0 aromatic carbocycles. The molecule has 4 nitrogen and oxygen atoms in total. The van der Waals surface area contributed by atoms with Gasteiger partial charge < -0.3 is 10.2 Å². The van der Waals surface area contributed by atoms with Crippen LogP contribution in [0.4, 0.5) is 4.79 Å². The van der Waals surface area contributed by atoms with E-state index in [0.717, 1.165) is 0 Å². The van der Waals surface area contributed by atoms with Crippen molar-refractivity contribution in [2.45, 2.75) is 13.2 Å². The second-order valence-electron chi connectivity index (χ2n) is 1.13. The Bertz CT molecular complexity index is 70.6. The summed E-state index contributed by atoms with van der Waals surface area (Å²) in [4.78, 5) is 9.54. The summed E-state index contributed by atoms with van der Waals surface area (Å²) in [6.07, 6.45) is -2.19. The highest BCUT2D eigenvalue weighted by molar-refractivity contribution is 5.64. The molecular weight excluding hydrogens is 98.0 g/mol. The lowest BCUT2D eigenvalue weighted by molar-refractivity contribution is 0.134. The van der Waals surface area contributed by atoms with Gasteiger partial charge in [0.05, 0.1) is 0 Å². The van der Waals surface area contributed by atoms with Gasteiger partial charge in [-0.25, -0.2) is 4.79 Å². The number of aliphatic hydroxyl groups is 1. The Hall–Kier alpha value is -0.770. The van der Waals surface area contributed by atoms with Gasteiger partial charge in [0.2, 0.25) is 0 Å². The van der Waals surface area contributed by atoms with Gasteiger partial charge in [0.15, 0.2) is 0 Å². The van der Waals surface area contributed by atoms with E-state index in [-0.39, 0.29) is 0 Å². The maximum absolute atomic E-state index is 9.54. The molecule has 4 heteroatoms. The van der Waals surface area contributed by atoms with E-state index in [2.05, 4.69) is 0 Å². The highest BCUT2D eigenvalue weighted by Crippen LogP contribution is 1.68. The lowest BCUT2D eigenvalue weighted by atomic mass is 10.7. The van der Waals surface area contributed by atoms with E-state index in [4.69, 9.17) is 10.2 Å². The van der Waals surface area contributed by atoms with Crippen LogP contribution in [-0.4, -0.2) is 22.5 Å². The van der Waals surface area contributed by atoms with Gasteiger partial charge in [0.25, 0.3) is 0 Å². The Morgan fingerprint density at radius 1 is 1.86 bits per heavy atom. The van der Waals surface area contributed by atoms with Crippen LogP contribution in [0.2, 0.25) is 0 Å². The first kappa shape index (κ1) is 6.23. The van der Waals surface area contributed by atoms with Crippen LogP contribution in [-0.2, 0) is 0 Å². The van der Waals surface area contributed by atoms with Crippen molar-refractivity contribution in [3.63, 3.8) is 0 Å². The predicted molar refractivity (Wildman–Crippen MR) is 22.8 cm³/mol. The highest BCUT2D eigenvalue weighted by Gasteiger charge is 1.95. The fourth-order valence-electron chi connectivity index (χ4n) is 0.179. The largest absolute Gasteiger partial charge is 0.465 e. The molecule has 0 heterocycles. The predicted octanol–water partition coefficient (Wildman–Crippen LogP) is -0.408. The van der Waals surface area contributed by atoms with Gasteiger partial charge in [-0.2, -0.15) is 0 Å². The van der Waals surface area contributed by atoms with Crippen LogP contribution in [0.5, 0.6) is 0 Å². The zero-order valence-electron chi connectivity index (χ0n) is 3.88. The van der Waals surface area contributed by atoms with Crippen LogP contribution < -0.4 is 5.32 Å². The monoisotopic (exact) mass is 105 g/mol. The first-order chi connectivity index (χ1) is 3.13. The van der Waals surface area contributed by atoms with Gasteiger partial charge in [-0.3, -0.25) is 5.32 Å². The summed E-state index contributed by atoms with van der Waals surface area (Å²) in [7, 11) is 0. The van der Waals surface area contributed by atoms with Crippen molar-refractivity contribution in [1.82, 2.24) is 5.32 Å². The quantitative estimate of drug-likeness (QED) is 0.397. The molecule has 0 saturated heterocycles. The molecule has 0 aliphatic carbocycles. The minimum absolute atomic E-state index is 0.975. The van der Waals surface area contributed by atoms with E-state index >= 15 is 0 Å². The van der Waals surface area contributed by atoms with Gasteiger partial charge in [-0.15, -0.1) is 0 Å². The van der Waals surface area contributed by atoms with Crippen LogP contribution in [0.15, 0.2) is 0 Å². The normalized spacial score (nSPS) is 12.9. The van der Waals surface area contributed by atoms with Gasteiger partial charge in [-0.1, -0.05) is 0 Å². The molecule has 0 aromatic rings. The number of nitrogens with one attached hydrogen (secondary N) is 1. The van der Waals surface area contributed by atoms with Crippen LogP contribution >= 0.6 is 0 Å². The van der Waals surface area contributed by atoms with Crippen molar-refractivity contribution in [2.75, 3.05) is 0 Å². The summed E-state index contributed by atoms with van der Waals surface area (Å²) in [5.41, 5.74) is 0. The molecule has 1 atom stereocenters. The minimum atomic E-state index is -1.21. The third kappa shape index (κ3) is 5.23. The third-order valence-corrected chi connectivity index (χ3v) is 0.332.